The van der Waals surface area contributed by atoms with Gasteiger partial charge in [0, 0.05) is 5.56 Å². The number of rotatable bonds is 8. The minimum Gasteiger partial charge on any atom is -0.482 e. The lowest BCUT2D eigenvalue weighted by Crippen LogP contribution is -2.32. The number of aryl methyl sites for hydroxylation is 1. The summed E-state index contributed by atoms with van der Waals surface area (Å²) in [6, 6.07) is 12.5. The number of ketones is 1. The van der Waals surface area contributed by atoms with Crippen molar-refractivity contribution in [1.82, 2.24) is 0 Å². The maximum atomic E-state index is 12.3. The zero-order valence-electron chi connectivity index (χ0n) is 17.4. The van der Waals surface area contributed by atoms with Crippen molar-refractivity contribution in [1.29, 1.82) is 0 Å². The minimum absolute atomic E-state index is 0.168. The molecule has 1 atom stereocenters. The summed E-state index contributed by atoms with van der Waals surface area (Å²) in [5.41, 5.74) is 2.79. The van der Waals surface area contributed by atoms with Gasteiger partial charge in [-0.3, -0.25) is 9.59 Å². The second-order valence-electron chi connectivity index (χ2n) is 7.21. The first kappa shape index (κ1) is 22.1. The number of hydrogen-bond acceptors (Lipinski definition) is 5. The molecule has 0 fully saturated rings. The third-order valence-corrected chi connectivity index (χ3v) is 4.38. The van der Waals surface area contributed by atoms with Crippen LogP contribution in [0.25, 0.3) is 0 Å². The smallest absolute Gasteiger partial charge is 0.344 e. The zero-order valence-corrected chi connectivity index (χ0v) is 17.4. The Morgan fingerprint density at radius 1 is 1.03 bits per heavy atom. The van der Waals surface area contributed by atoms with Gasteiger partial charge in [-0.25, -0.2) is 4.79 Å². The van der Waals surface area contributed by atoms with Crippen molar-refractivity contribution in [3.63, 3.8) is 0 Å². The molecular weight excluding hydrogens is 370 g/mol. The summed E-state index contributed by atoms with van der Waals surface area (Å²) in [6.07, 6.45) is -1.03. The molecule has 0 saturated carbocycles. The van der Waals surface area contributed by atoms with Gasteiger partial charge in [-0.1, -0.05) is 38.1 Å². The Bertz CT molecular complexity index is 904. The van der Waals surface area contributed by atoms with Gasteiger partial charge in [0.25, 0.3) is 5.91 Å². The van der Waals surface area contributed by atoms with Crippen LogP contribution in [0.3, 0.4) is 0 Å². The molecule has 1 unspecified atom stereocenters. The highest BCUT2D eigenvalue weighted by Crippen LogP contribution is 2.27. The second-order valence-corrected chi connectivity index (χ2v) is 7.21. The summed E-state index contributed by atoms with van der Waals surface area (Å²) in [5, 5.41) is 2.62. The third-order valence-electron chi connectivity index (χ3n) is 4.38. The fourth-order valence-electron chi connectivity index (χ4n) is 2.80. The van der Waals surface area contributed by atoms with E-state index in [0.29, 0.717) is 17.0 Å². The Morgan fingerprint density at radius 2 is 1.72 bits per heavy atom. The van der Waals surface area contributed by atoms with E-state index in [4.69, 9.17) is 9.47 Å². The van der Waals surface area contributed by atoms with E-state index < -0.39 is 18.0 Å². The van der Waals surface area contributed by atoms with Crippen molar-refractivity contribution in [2.75, 3.05) is 11.9 Å². The Hall–Kier alpha value is -3.15. The van der Waals surface area contributed by atoms with Gasteiger partial charge < -0.3 is 14.8 Å². The molecule has 29 heavy (non-hydrogen) atoms. The molecule has 0 aromatic heterocycles. The number of carbonyl (C=O) groups is 3. The maximum Gasteiger partial charge on any atom is 0.344 e. The molecule has 154 valence electrons. The van der Waals surface area contributed by atoms with Crippen molar-refractivity contribution in [2.45, 2.75) is 46.6 Å². The molecule has 2 rings (SSSR count). The zero-order chi connectivity index (χ0) is 21.6. The number of para-hydroxylation sites is 1. The van der Waals surface area contributed by atoms with Gasteiger partial charge in [0.2, 0.25) is 0 Å². The first-order valence-corrected chi connectivity index (χ1v) is 9.52. The van der Waals surface area contributed by atoms with E-state index in [-0.39, 0.29) is 18.3 Å². The van der Waals surface area contributed by atoms with Crippen LogP contribution < -0.4 is 10.1 Å². The Kier molecular flexibility index (Phi) is 7.53. The molecule has 0 aliphatic heterocycles. The molecule has 6 nitrogen and oxygen atoms in total. The largest absolute Gasteiger partial charge is 0.482 e. The predicted molar refractivity (Wildman–Crippen MR) is 111 cm³/mol. The SMILES string of the molecule is CC(=O)c1ccccc1NC(=O)C(C)OC(=O)COc1cc(C)ccc1C(C)C. The van der Waals surface area contributed by atoms with Gasteiger partial charge >= 0.3 is 5.97 Å². The lowest BCUT2D eigenvalue weighted by molar-refractivity contribution is -0.155. The molecule has 0 saturated heterocycles. The fraction of sp³-hybridized carbons (Fsp3) is 0.348. The van der Waals surface area contributed by atoms with Crippen molar-refractivity contribution < 1.29 is 23.9 Å². The van der Waals surface area contributed by atoms with Gasteiger partial charge in [-0.15, -0.1) is 0 Å². The van der Waals surface area contributed by atoms with Crippen LogP contribution in [0.5, 0.6) is 5.75 Å². The Labute approximate surface area is 171 Å². The van der Waals surface area contributed by atoms with E-state index >= 15 is 0 Å². The molecule has 2 aromatic carbocycles. The van der Waals surface area contributed by atoms with Crippen LogP contribution in [0.15, 0.2) is 42.5 Å². The van der Waals surface area contributed by atoms with Gasteiger partial charge in [-0.05, 0) is 56.0 Å². The van der Waals surface area contributed by atoms with E-state index in [1.54, 1.807) is 24.3 Å². The average molecular weight is 397 g/mol. The Morgan fingerprint density at radius 3 is 2.38 bits per heavy atom. The van der Waals surface area contributed by atoms with Gasteiger partial charge in [0.05, 0.1) is 5.69 Å². The summed E-state index contributed by atoms with van der Waals surface area (Å²) in [4.78, 5) is 36.1. The second kappa shape index (κ2) is 9.87. The molecule has 0 aliphatic rings. The lowest BCUT2D eigenvalue weighted by Gasteiger charge is -2.17. The van der Waals surface area contributed by atoms with E-state index in [1.807, 2.05) is 39.0 Å². The van der Waals surface area contributed by atoms with Crippen LogP contribution in [0, 0.1) is 6.92 Å². The summed E-state index contributed by atoms with van der Waals surface area (Å²) in [7, 11) is 0. The van der Waals surface area contributed by atoms with Crippen molar-refractivity contribution in [3.8, 4) is 5.75 Å². The summed E-state index contributed by atoms with van der Waals surface area (Å²) in [6.45, 7) is 8.62. The molecule has 6 heteroatoms. The van der Waals surface area contributed by atoms with Crippen LogP contribution >= 0.6 is 0 Å². The van der Waals surface area contributed by atoms with E-state index in [0.717, 1.165) is 11.1 Å². The molecule has 0 spiro atoms. The topological polar surface area (TPSA) is 81.7 Å². The number of ether oxygens (including phenoxy) is 2. The third kappa shape index (κ3) is 6.17. The van der Waals surface area contributed by atoms with Crippen LogP contribution in [0.2, 0.25) is 0 Å². The van der Waals surface area contributed by atoms with E-state index in [9.17, 15) is 14.4 Å². The van der Waals surface area contributed by atoms with Crippen LogP contribution in [-0.2, 0) is 14.3 Å². The summed E-state index contributed by atoms with van der Waals surface area (Å²) < 4.78 is 10.8. The highest BCUT2D eigenvalue weighted by atomic mass is 16.6. The van der Waals surface area contributed by atoms with E-state index in [2.05, 4.69) is 5.32 Å². The number of esters is 1. The first-order valence-electron chi connectivity index (χ1n) is 9.52. The highest BCUT2D eigenvalue weighted by molar-refractivity contribution is 6.04. The predicted octanol–water partition coefficient (Wildman–Crippen LogP) is 4.27. The van der Waals surface area contributed by atoms with Gasteiger partial charge in [-0.2, -0.15) is 0 Å². The molecule has 1 N–H and O–H groups in total. The van der Waals surface area contributed by atoms with Gasteiger partial charge in [0.15, 0.2) is 18.5 Å². The average Bonchev–Trinajstić information content (AvgIpc) is 2.66. The quantitative estimate of drug-likeness (QED) is 0.531. The number of Topliss-reactive ketones (excluding diaryl/α,β-unsaturated/α-hetero) is 1. The van der Waals surface area contributed by atoms with Crippen molar-refractivity contribution in [3.05, 3.63) is 59.2 Å². The Balaban J connectivity index is 1.95. The molecule has 0 bridgehead atoms. The summed E-state index contributed by atoms with van der Waals surface area (Å²) in [5.74, 6) is -0.468. The standard InChI is InChI=1S/C23H27NO5/c1-14(2)18-11-10-15(3)12-21(18)28-13-22(26)29-17(5)23(27)24-20-9-7-6-8-19(20)16(4)25/h6-12,14,17H,13H2,1-5H3,(H,24,27). The van der Waals surface area contributed by atoms with Gasteiger partial charge in [0.1, 0.15) is 5.75 Å². The molecule has 0 radical (unpaired) electrons. The molecule has 1 amide bonds. The molecule has 0 heterocycles. The molecule has 2 aromatic rings. The maximum absolute atomic E-state index is 12.3. The highest BCUT2D eigenvalue weighted by Gasteiger charge is 2.20. The fourth-order valence-corrected chi connectivity index (χ4v) is 2.80. The van der Waals surface area contributed by atoms with Crippen molar-refractivity contribution >= 4 is 23.3 Å². The number of carbonyl (C=O) groups excluding carboxylic acids is 3. The van der Waals surface area contributed by atoms with E-state index in [1.165, 1.54) is 13.8 Å². The molecular formula is C23H27NO5. The first-order chi connectivity index (χ1) is 13.7. The van der Waals surface area contributed by atoms with Crippen LogP contribution in [0.4, 0.5) is 5.69 Å². The number of benzene rings is 2. The minimum atomic E-state index is -1.03. The molecule has 0 aliphatic carbocycles. The number of amides is 1. The number of hydrogen-bond donors (Lipinski definition) is 1. The number of anilines is 1. The van der Waals surface area contributed by atoms with Crippen molar-refractivity contribution in [2.24, 2.45) is 0 Å². The normalized spacial score (nSPS) is 11.7. The number of nitrogens with one attached hydrogen (secondary N) is 1. The lowest BCUT2D eigenvalue weighted by atomic mass is 10.0. The van der Waals surface area contributed by atoms with Crippen LogP contribution in [0.1, 0.15) is 55.1 Å². The summed E-state index contributed by atoms with van der Waals surface area (Å²) >= 11 is 0. The monoisotopic (exact) mass is 397 g/mol. The van der Waals surface area contributed by atoms with Crippen LogP contribution in [-0.4, -0.2) is 30.4 Å².